The standard InChI is InChI=1S/C13H16ClNO4/c1-8-5-9(3-4-10(8)14)12(18)15-7-13(2,19)6-11(16)17/h3-5,19H,6-7H2,1-2H3,(H,15,18)(H,16,17). The van der Waals surface area contributed by atoms with Crippen LogP contribution < -0.4 is 5.32 Å². The molecule has 5 nitrogen and oxygen atoms in total. The molecule has 0 saturated heterocycles. The lowest BCUT2D eigenvalue weighted by molar-refractivity contribution is -0.141. The van der Waals surface area contributed by atoms with Gasteiger partial charge in [0.15, 0.2) is 0 Å². The van der Waals surface area contributed by atoms with Crippen LogP contribution in [0.25, 0.3) is 0 Å². The van der Waals surface area contributed by atoms with Crippen molar-refractivity contribution in [2.75, 3.05) is 6.54 Å². The Morgan fingerprint density at radius 3 is 2.58 bits per heavy atom. The van der Waals surface area contributed by atoms with Crippen LogP contribution in [0.1, 0.15) is 29.3 Å². The van der Waals surface area contributed by atoms with E-state index in [1.54, 1.807) is 25.1 Å². The zero-order valence-electron chi connectivity index (χ0n) is 10.7. The average molecular weight is 286 g/mol. The normalized spacial score (nSPS) is 13.7. The molecule has 1 aromatic rings. The third kappa shape index (κ3) is 4.89. The van der Waals surface area contributed by atoms with Crippen molar-refractivity contribution in [1.82, 2.24) is 5.32 Å². The summed E-state index contributed by atoms with van der Waals surface area (Å²) in [5, 5.41) is 21.4. The van der Waals surface area contributed by atoms with Crippen molar-refractivity contribution in [3.63, 3.8) is 0 Å². The third-order valence-electron chi connectivity index (χ3n) is 2.58. The number of carbonyl (C=O) groups excluding carboxylic acids is 1. The summed E-state index contributed by atoms with van der Waals surface area (Å²) < 4.78 is 0. The van der Waals surface area contributed by atoms with Crippen LogP contribution >= 0.6 is 11.6 Å². The van der Waals surface area contributed by atoms with Gasteiger partial charge in [0, 0.05) is 17.1 Å². The summed E-state index contributed by atoms with van der Waals surface area (Å²) in [5.41, 5.74) is -0.303. The lowest BCUT2D eigenvalue weighted by atomic mass is 10.0. The van der Waals surface area contributed by atoms with Crippen molar-refractivity contribution >= 4 is 23.5 Å². The highest BCUT2D eigenvalue weighted by Crippen LogP contribution is 2.16. The number of halogens is 1. The lowest BCUT2D eigenvalue weighted by Gasteiger charge is -2.21. The number of carboxylic acid groups (broad SMARTS) is 1. The summed E-state index contributed by atoms with van der Waals surface area (Å²) in [6, 6.07) is 4.81. The molecule has 1 unspecified atom stereocenters. The molecule has 1 atom stereocenters. The van der Waals surface area contributed by atoms with Gasteiger partial charge in [-0.1, -0.05) is 11.6 Å². The number of hydrogen-bond acceptors (Lipinski definition) is 3. The Hall–Kier alpha value is -1.59. The number of rotatable bonds is 5. The Bertz CT molecular complexity index is 499. The van der Waals surface area contributed by atoms with Crippen molar-refractivity contribution < 1.29 is 19.8 Å². The van der Waals surface area contributed by atoms with Crippen LogP contribution in [0.3, 0.4) is 0 Å². The highest BCUT2D eigenvalue weighted by molar-refractivity contribution is 6.31. The van der Waals surface area contributed by atoms with E-state index < -0.39 is 18.0 Å². The fraction of sp³-hybridized carbons (Fsp3) is 0.385. The first kappa shape index (κ1) is 15.5. The maximum absolute atomic E-state index is 11.8. The van der Waals surface area contributed by atoms with E-state index in [9.17, 15) is 14.7 Å². The van der Waals surface area contributed by atoms with E-state index in [2.05, 4.69) is 5.32 Å². The van der Waals surface area contributed by atoms with Crippen molar-refractivity contribution in [3.8, 4) is 0 Å². The number of aliphatic hydroxyl groups is 1. The van der Waals surface area contributed by atoms with Crippen LogP contribution in [0.4, 0.5) is 0 Å². The van der Waals surface area contributed by atoms with Crippen LogP contribution in [0, 0.1) is 6.92 Å². The molecular weight excluding hydrogens is 270 g/mol. The van der Waals surface area contributed by atoms with Gasteiger partial charge < -0.3 is 15.5 Å². The second kappa shape index (κ2) is 6.04. The average Bonchev–Trinajstić information content (AvgIpc) is 2.28. The molecule has 1 amide bonds. The van der Waals surface area contributed by atoms with E-state index in [1.807, 2.05) is 0 Å². The molecule has 0 radical (unpaired) electrons. The van der Waals surface area contributed by atoms with Crippen LogP contribution in [0.2, 0.25) is 5.02 Å². The minimum Gasteiger partial charge on any atom is -0.481 e. The van der Waals surface area contributed by atoms with Gasteiger partial charge >= 0.3 is 5.97 Å². The molecule has 0 fully saturated rings. The van der Waals surface area contributed by atoms with Crippen LogP contribution in [0.5, 0.6) is 0 Å². The van der Waals surface area contributed by atoms with Crippen molar-refractivity contribution in [2.24, 2.45) is 0 Å². The van der Waals surface area contributed by atoms with Gasteiger partial charge in [-0.2, -0.15) is 0 Å². The van der Waals surface area contributed by atoms with Crippen molar-refractivity contribution in [2.45, 2.75) is 25.9 Å². The second-order valence-corrected chi connectivity index (χ2v) is 5.12. The van der Waals surface area contributed by atoms with Gasteiger partial charge in [0.25, 0.3) is 5.91 Å². The molecule has 0 aliphatic heterocycles. The van der Waals surface area contributed by atoms with Crippen LogP contribution in [-0.4, -0.2) is 34.2 Å². The predicted molar refractivity (Wildman–Crippen MR) is 71.4 cm³/mol. The lowest BCUT2D eigenvalue weighted by Crippen LogP contribution is -2.42. The minimum absolute atomic E-state index is 0.139. The molecule has 0 heterocycles. The second-order valence-electron chi connectivity index (χ2n) is 4.71. The van der Waals surface area contributed by atoms with Gasteiger partial charge in [-0.25, -0.2) is 0 Å². The van der Waals surface area contributed by atoms with Gasteiger partial charge in [0.1, 0.15) is 0 Å². The number of aliphatic carboxylic acids is 1. The van der Waals surface area contributed by atoms with E-state index >= 15 is 0 Å². The Labute approximate surface area is 116 Å². The molecule has 0 bridgehead atoms. The monoisotopic (exact) mass is 285 g/mol. The number of carboxylic acids is 1. The maximum atomic E-state index is 11.8. The first-order valence-corrected chi connectivity index (χ1v) is 6.07. The molecule has 104 valence electrons. The van der Waals surface area contributed by atoms with Gasteiger partial charge in [-0.15, -0.1) is 0 Å². The smallest absolute Gasteiger partial charge is 0.306 e. The Kier molecular flexibility index (Phi) is 4.91. The van der Waals surface area contributed by atoms with Gasteiger partial charge in [0.2, 0.25) is 0 Å². The summed E-state index contributed by atoms with van der Waals surface area (Å²) in [5.74, 6) is -1.51. The number of amides is 1. The first-order chi connectivity index (χ1) is 8.71. The molecule has 6 heteroatoms. The highest BCUT2D eigenvalue weighted by atomic mass is 35.5. The summed E-state index contributed by atoms with van der Waals surface area (Å²) in [6.07, 6.45) is -0.438. The molecule has 0 saturated carbocycles. The Balaban J connectivity index is 2.65. The third-order valence-corrected chi connectivity index (χ3v) is 3.01. The zero-order valence-corrected chi connectivity index (χ0v) is 11.5. The van der Waals surface area contributed by atoms with Gasteiger partial charge in [-0.05, 0) is 37.6 Å². The molecule has 1 aromatic carbocycles. The molecule has 3 N–H and O–H groups in total. The molecular formula is C13H16ClNO4. The molecule has 0 aliphatic carbocycles. The molecule has 0 aliphatic rings. The van der Waals surface area contributed by atoms with Crippen LogP contribution in [0.15, 0.2) is 18.2 Å². The molecule has 19 heavy (non-hydrogen) atoms. The first-order valence-electron chi connectivity index (χ1n) is 5.70. The number of aryl methyl sites for hydroxylation is 1. The fourth-order valence-corrected chi connectivity index (χ4v) is 1.66. The molecule has 1 rings (SSSR count). The number of carbonyl (C=O) groups is 2. The van der Waals surface area contributed by atoms with Gasteiger partial charge in [-0.3, -0.25) is 9.59 Å². The number of nitrogens with one attached hydrogen (secondary N) is 1. The topological polar surface area (TPSA) is 86.6 Å². The Morgan fingerprint density at radius 2 is 2.05 bits per heavy atom. The molecule has 0 spiro atoms. The number of hydrogen-bond donors (Lipinski definition) is 3. The summed E-state index contributed by atoms with van der Waals surface area (Å²) in [4.78, 5) is 22.4. The van der Waals surface area contributed by atoms with Crippen molar-refractivity contribution in [1.29, 1.82) is 0 Å². The van der Waals surface area contributed by atoms with E-state index in [1.165, 1.54) is 6.92 Å². The quantitative estimate of drug-likeness (QED) is 0.767. The Morgan fingerprint density at radius 1 is 1.42 bits per heavy atom. The highest BCUT2D eigenvalue weighted by Gasteiger charge is 2.25. The summed E-state index contributed by atoms with van der Waals surface area (Å²) in [7, 11) is 0. The van der Waals surface area contributed by atoms with E-state index in [-0.39, 0.29) is 12.5 Å². The van der Waals surface area contributed by atoms with Gasteiger partial charge in [0.05, 0.1) is 12.0 Å². The van der Waals surface area contributed by atoms with E-state index in [4.69, 9.17) is 16.7 Å². The minimum atomic E-state index is -1.48. The predicted octanol–water partition coefficient (Wildman–Crippen LogP) is 1.60. The summed E-state index contributed by atoms with van der Waals surface area (Å²) >= 11 is 5.86. The maximum Gasteiger partial charge on any atom is 0.306 e. The zero-order chi connectivity index (χ0) is 14.6. The fourth-order valence-electron chi connectivity index (χ4n) is 1.55. The van der Waals surface area contributed by atoms with E-state index in [0.717, 1.165) is 5.56 Å². The number of benzene rings is 1. The van der Waals surface area contributed by atoms with E-state index in [0.29, 0.717) is 10.6 Å². The van der Waals surface area contributed by atoms with Crippen molar-refractivity contribution in [3.05, 3.63) is 34.3 Å². The molecule has 0 aromatic heterocycles. The summed E-state index contributed by atoms with van der Waals surface area (Å²) in [6.45, 7) is 2.99. The largest absolute Gasteiger partial charge is 0.481 e. The SMILES string of the molecule is Cc1cc(C(=O)NCC(C)(O)CC(=O)O)ccc1Cl. The van der Waals surface area contributed by atoms with Crippen LogP contribution in [-0.2, 0) is 4.79 Å².